The molecule has 0 bridgehead atoms. The van der Waals surface area contributed by atoms with Gasteiger partial charge in [0.05, 0.1) is 16.9 Å². The van der Waals surface area contributed by atoms with Gasteiger partial charge in [-0.3, -0.25) is 4.79 Å². The van der Waals surface area contributed by atoms with Crippen LogP contribution in [0, 0.1) is 0 Å². The maximum absolute atomic E-state index is 12.9. The van der Waals surface area contributed by atoms with Crippen molar-refractivity contribution >= 4 is 33.4 Å². The number of hydrogen-bond acceptors (Lipinski definition) is 7. The summed E-state index contributed by atoms with van der Waals surface area (Å²) in [5, 5.41) is 11.5. The third-order valence-corrected chi connectivity index (χ3v) is 7.84. The first-order valence-corrected chi connectivity index (χ1v) is 12.7. The molecular formula is C23H23N5O4S2. The van der Waals surface area contributed by atoms with Gasteiger partial charge in [0, 0.05) is 26.3 Å². The summed E-state index contributed by atoms with van der Waals surface area (Å²) in [5.41, 5.74) is 1.40. The van der Waals surface area contributed by atoms with Crippen molar-refractivity contribution in [3.8, 4) is 11.6 Å². The fourth-order valence-corrected chi connectivity index (χ4v) is 5.07. The second kappa shape index (κ2) is 10.2. The van der Waals surface area contributed by atoms with Gasteiger partial charge < -0.3 is 14.3 Å². The predicted molar refractivity (Wildman–Crippen MR) is 130 cm³/mol. The van der Waals surface area contributed by atoms with Crippen LogP contribution in [0.1, 0.15) is 5.56 Å². The lowest BCUT2D eigenvalue weighted by Gasteiger charge is -2.17. The molecule has 34 heavy (non-hydrogen) atoms. The lowest BCUT2D eigenvalue weighted by Crippen LogP contribution is -2.26. The van der Waals surface area contributed by atoms with E-state index >= 15 is 0 Å². The monoisotopic (exact) mass is 497 g/mol. The van der Waals surface area contributed by atoms with Crippen molar-refractivity contribution in [2.24, 2.45) is 7.05 Å². The number of thioether (sulfide) groups is 1. The Labute approximate surface area is 201 Å². The van der Waals surface area contributed by atoms with Crippen molar-refractivity contribution in [3.63, 3.8) is 0 Å². The van der Waals surface area contributed by atoms with Crippen molar-refractivity contribution in [1.82, 2.24) is 19.1 Å². The van der Waals surface area contributed by atoms with Crippen LogP contribution in [0.25, 0.3) is 11.6 Å². The summed E-state index contributed by atoms with van der Waals surface area (Å²) in [6, 6.07) is 19.0. The third kappa shape index (κ3) is 5.38. The normalized spacial score (nSPS) is 11.6. The zero-order valence-electron chi connectivity index (χ0n) is 18.6. The second-order valence-electron chi connectivity index (χ2n) is 7.45. The summed E-state index contributed by atoms with van der Waals surface area (Å²) in [6.07, 6.45) is 1.56. The average molecular weight is 498 g/mol. The molecule has 2 aromatic carbocycles. The van der Waals surface area contributed by atoms with Gasteiger partial charge in [-0.15, -0.1) is 10.2 Å². The number of aromatic nitrogens is 3. The minimum absolute atomic E-state index is 0.115. The largest absolute Gasteiger partial charge is 0.461 e. The standard InChI is InChI=1S/C23H23N5O4S2/c1-27(15-17-7-4-3-5-8-17)34(30,31)19-12-10-18(11-13-19)24-21(29)16-33-23-26-25-22(28(23)2)20-9-6-14-32-20/h3-14H,15-16H2,1-2H3,(H,24,29). The first kappa shape index (κ1) is 23.7. The number of rotatable bonds is 9. The highest BCUT2D eigenvalue weighted by Crippen LogP contribution is 2.23. The second-order valence-corrected chi connectivity index (χ2v) is 10.4. The van der Waals surface area contributed by atoms with E-state index in [0.29, 0.717) is 22.4 Å². The molecule has 0 aliphatic rings. The van der Waals surface area contributed by atoms with E-state index in [1.54, 1.807) is 49.2 Å². The number of carbonyl (C=O) groups excluding carboxylic acids is 1. The molecule has 0 atom stereocenters. The van der Waals surface area contributed by atoms with Crippen LogP contribution >= 0.6 is 11.8 Å². The summed E-state index contributed by atoms with van der Waals surface area (Å²) in [4.78, 5) is 12.5. The van der Waals surface area contributed by atoms with Gasteiger partial charge in [-0.2, -0.15) is 4.31 Å². The van der Waals surface area contributed by atoms with Gasteiger partial charge >= 0.3 is 0 Å². The molecule has 0 aliphatic heterocycles. The highest BCUT2D eigenvalue weighted by Gasteiger charge is 2.21. The molecule has 0 fully saturated rings. The molecule has 0 saturated carbocycles. The lowest BCUT2D eigenvalue weighted by molar-refractivity contribution is -0.113. The molecule has 4 rings (SSSR count). The minimum atomic E-state index is -3.66. The predicted octanol–water partition coefficient (Wildman–Crippen LogP) is 3.63. The Kier molecular flexibility index (Phi) is 7.15. The quantitative estimate of drug-likeness (QED) is 0.352. The number of hydrogen-bond donors (Lipinski definition) is 1. The molecule has 0 radical (unpaired) electrons. The zero-order valence-corrected chi connectivity index (χ0v) is 20.2. The van der Waals surface area contributed by atoms with Crippen LogP contribution in [0.15, 0.2) is 87.5 Å². The smallest absolute Gasteiger partial charge is 0.243 e. The van der Waals surface area contributed by atoms with Crippen LogP contribution in [0.2, 0.25) is 0 Å². The Bertz CT molecular complexity index is 1350. The van der Waals surface area contributed by atoms with Crippen LogP contribution in [0.5, 0.6) is 0 Å². The van der Waals surface area contributed by atoms with Gasteiger partial charge in [0.15, 0.2) is 16.7 Å². The highest BCUT2D eigenvalue weighted by molar-refractivity contribution is 7.99. The van der Waals surface area contributed by atoms with E-state index in [-0.39, 0.29) is 23.1 Å². The number of carbonyl (C=O) groups is 1. The number of furan rings is 1. The Morgan fingerprint density at radius 3 is 2.47 bits per heavy atom. The van der Waals surface area contributed by atoms with Crippen LogP contribution in [-0.4, -0.2) is 46.2 Å². The Morgan fingerprint density at radius 1 is 1.06 bits per heavy atom. The number of nitrogens with one attached hydrogen (secondary N) is 1. The van der Waals surface area contributed by atoms with E-state index in [1.807, 2.05) is 30.3 Å². The molecule has 176 valence electrons. The molecule has 4 aromatic rings. The topological polar surface area (TPSA) is 110 Å². The summed E-state index contributed by atoms with van der Waals surface area (Å²) < 4.78 is 34.1. The Balaban J connectivity index is 1.34. The molecule has 1 N–H and O–H groups in total. The summed E-state index contributed by atoms with van der Waals surface area (Å²) >= 11 is 1.24. The van der Waals surface area contributed by atoms with E-state index in [0.717, 1.165) is 5.56 Å². The molecule has 2 heterocycles. The molecule has 11 heteroatoms. The minimum Gasteiger partial charge on any atom is -0.461 e. The van der Waals surface area contributed by atoms with E-state index in [2.05, 4.69) is 15.5 Å². The maximum atomic E-state index is 12.9. The molecule has 1 amide bonds. The van der Waals surface area contributed by atoms with Crippen molar-refractivity contribution in [3.05, 3.63) is 78.6 Å². The highest BCUT2D eigenvalue weighted by atomic mass is 32.2. The fourth-order valence-electron chi connectivity index (χ4n) is 3.20. The molecule has 0 spiro atoms. The van der Waals surface area contributed by atoms with Gasteiger partial charge in [-0.05, 0) is 42.0 Å². The van der Waals surface area contributed by atoms with Gasteiger partial charge in [0.1, 0.15) is 0 Å². The van der Waals surface area contributed by atoms with E-state index < -0.39 is 10.0 Å². The zero-order chi connectivity index (χ0) is 24.1. The summed E-state index contributed by atoms with van der Waals surface area (Å²) in [5.74, 6) is 1.03. The number of nitrogens with zero attached hydrogens (tertiary/aromatic N) is 4. The molecule has 0 aliphatic carbocycles. The van der Waals surface area contributed by atoms with Crippen molar-refractivity contribution < 1.29 is 17.6 Å². The molecule has 2 aromatic heterocycles. The Morgan fingerprint density at radius 2 is 1.79 bits per heavy atom. The van der Waals surface area contributed by atoms with Gasteiger partial charge in [-0.1, -0.05) is 42.1 Å². The third-order valence-electron chi connectivity index (χ3n) is 5.00. The Hall–Kier alpha value is -3.41. The average Bonchev–Trinajstić information content (AvgIpc) is 3.48. The summed E-state index contributed by atoms with van der Waals surface area (Å²) in [6.45, 7) is 0.266. The van der Waals surface area contributed by atoms with Crippen LogP contribution in [0.3, 0.4) is 0 Å². The van der Waals surface area contributed by atoms with E-state index in [9.17, 15) is 13.2 Å². The molecular weight excluding hydrogens is 474 g/mol. The molecule has 0 unspecified atom stereocenters. The number of benzene rings is 2. The summed E-state index contributed by atoms with van der Waals surface area (Å²) in [7, 11) is -0.321. The lowest BCUT2D eigenvalue weighted by atomic mass is 10.2. The molecule has 9 nitrogen and oxygen atoms in total. The first-order valence-electron chi connectivity index (χ1n) is 10.3. The van der Waals surface area contributed by atoms with Gasteiger partial charge in [0.25, 0.3) is 0 Å². The van der Waals surface area contributed by atoms with E-state index in [1.165, 1.54) is 28.2 Å². The maximum Gasteiger partial charge on any atom is 0.243 e. The number of sulfonamides is 1. The van der Waals surface area contributed by atoms with Crippen molar-refractivity contribution in [2.75, 3.05) is 18.1 Å². The van der Waals surface area contributed by atoms with Gasteiger partial charge in [-0.25, -0.2) is 8.42 Å². The van der Waals surface area contributed by atoms with Crippen molar-refractivity contribution in [2.45, 2.75) is 16.6 Å². The number of anilines is 1. The van der Waals surface area contributed by atoms with Gasteiger partial charge in [0.2, 0.25) is 15.9 Å². The fraction of sp³-hybridized carbons (Fsp3) is 0.174. The van der Waals surface area contributed by atoms with Crippen LogP contribution < -0.4 is 5.32 Å². The number of amides is 1. The van der Waals surface area contributed by atoms with Crippen LogP contribution in [0.4, 0.5) is 5.69 Å². The molecule has 0 saturated heterocycles. The van der Waals surface area contributed by atoms with E-state index in [4.69, 9.17) is 4.42 Å². The SMILES string of the molecule is CN(Cc1ccccc1)S(=O)(=O)c1ccc(NC(=O)CSc2nnc(-c3ccco3)n2C)cc1. The van der Waals surface area contributed by atoms with Crippen LogP contribution in [-0.2, 0) is 28.4 Å². The van der Waals surface area contributed by atoms with Crippen molar-refractivity contribution in [1.29, 1.82) is 0 Å². The first-order chi connectivity index (χ1) is 16.3.